The van der Waals surface area contributed by atoms with E-state index in [0.29, 0.717) is 22.1 Å². The number of benzene rings is 3. The number of fused-ring (bicyclic) bond motifs is 2. The van der Waals surface area contributed by atoms with E-state index in [1.807, 2.05) is 0 Å². The molecule has 9 heteroatoms. The molecule has 2 atom stereocenters. The first-order valence-corrected chi connectivity index (χ1v) is 10.9. The highest BCUT2D eigenvalue weighted by molar-refractivity contribution is 5.87. The molecule has 0 aliphatic carbocycles. The summed E-state index contributed by atoms with van der Waals surface area (Å²) in [4.78, 5) is 0. The highest BCUT2D eigenvalue weighted by Gasteiger charge is 2.57. The standard InChI is InChI=1S/C26H21F4N3O2/c1-16(34)14-32-15-22(21-4-2-3-5-24(21)32)25(35,26(28,29)30)18-6-11-23-17(12-18)13-31-33(23)20-9-7-19(27)8-10-20/h2-13,15-16,34-35H,14H2,1H3/t16?,25-/m1/s1. The minimum Gasteiger partial charge on any atom is -0.392 e. The predicted molar refractivity (Wildman–Crippen MR) is 124 cm³/mol. The van der Waals surface area contributed by atoms with E-state index in [-0.39, 0.29) is 23.1 Å². The molecule has 0 aliphatic rings. The number of para-hydroxylation sites is 1. The average molecular weight is 483 g/mol. The Hall–Kier alpha value is -3.69. The van der Waals surface area contributed by atoms with Crippen LogP contribution in [0.15, 0.2) is 79.1 Å². The minimum absolute atomic E-state index is 0.0674. The fourth-order valence-electron chi connectivity index (χ4n) is 4.49. The summed E-state index contributed by atoms with van der Waals surface area (Å²) in [6, 6.07) is 15.9. The first-order valence-electron chi connectivity index (χ1n) is 10.9. The molecule has 180 valence electrons. The van der Waals surface area contributed by atoms with E-state index >= 15 is 0 Å². The van der Waals surface area contributed by atoms with Crippen LogP contribution < -0.4 is 0 Å². The van der Waals surface area contributed by atoms with Crippen LogP contribution in [0.25, 0.3) is 27.5 Å². The van der Waals surface area contributed by atoms with Gasteiger partial charge in [-0.2, -0.15) is 18.3 Å². The number of aliphatic hydroxyl groups is 2. The lowest BCUT2D eigenvalue weighted by Crippen LogP contribution is -2.43. The van der Waals surface area contributed by atoms with Crippen LogP contribution in [0.4, 0.5) is 17.6 Å². The van der Waals surface area contributed by atoms with Crippen LogP contribution in [0.1, 0.15) is 18.1 Å². The van der Waals surface area contributed by atoms with Crippen LogP contribution in [0.2, 0.25) is 0 Å². The Bertz CT molecular complexity index is 1520. The molecule has 5 rings (SSSR count). The van der Waals surface area contributed by atoms with E-state index in [2.05, 4.69) is 5.10 Å². The van der Waals surface area contributed by atoms with Gasteiger partial charge in [0.05, 0.1) is 23.5 Å². The highest BCUT2D eigenvalue weighted by Crippen LogP contribution is 2.47. The van der Waals surface area contributed by atoms with Crippen molar-refractivity contribution in [2.45, 2.75) is 31.3 Å². The number of rotatable bonds is 5. The molecule has 0 radical (unpaired) electrons. The van der Waals surface area contributed by atoms with Gasteiger partial charge in [-0.15, -0.1) is 0 Å². The summed E-state index contributed by atoms with van der Waals surface area (Å²) < 4.78 is 60.2. The van der Waals surface area contributed by atoms with Crippen molar-refractivity contribution in [3.63, 3.8) is 0 Å². The summed E-state index contributed by atoms with van der Waals surface area (Å²) in [5.41, 5.74) is -2.50. The Morgan fingerprint density at radius 3 is 2.37 bits per heavy atom. The molecule has 0 saturated heterocycles. The summed E-state index contributed by atoms with van der Waals surface area (Å²) >= 11 is 0. The Balaban J connectivity index is 1.70. The highest BCUT2D eigenvalue weighted by atomic mass is 19.4. The van der Waals surface area contributed by atoms with Crippen molar-refractivity contribution < 1.29 is 27.8 Å². The van der Waals surface area contributed by atoms with Gasteiger partial charge in [0.2, 0.25) is 5.60 Å². The van der Waals surface area contributed by atoms with E-state index < -0.39 is 23.7 Å². The van der Waals surface area contributed by atoms with Crippen LogP contribution in [-0.4, -0.2) is 36.8 Å². The fourth-order valence-corrected chi connectivity index (χ4v) is 4.49. The smallest absolute Gasteiger partial charge is 0.392 e. The Morgan fingerprint density at radius 1 is 0.971 bits per heavy atom. The maximum Gasteiger partial charge on any atom is 0.425 e. The molecule has 0 aliphatic heterocycles. The third kappa shape index (κ3) is 3.77. The zero-order valence-corrected chi connectivity index (χ0v) is 18.5. The maximum atomic E-state index is 14.6. The van der Waals surface area contributed by atoms with Crippen molar-refractivity contribution in [3.05, 3.63) is 96.1 Å². The first-order chi connectivity index (χ1) is 16.6. The maximum absolute atomic E-state index is 14.6. The number of halogens is 4. The van der Waals surface area contributed by atoms with E-state index in [1.54, 1.807) is 18.2 Å². The third-order valence-electron chi connectivity index (χ3n) is 6.11. The first kappa shape index (κ1) is 23.1. The quantitative estimate of drug-likeness (QED) is 0.334. The van der Waals surface area contributed by atoms with Gasteiger partial charge in [-0.1, -0.05) is 24.3 Å². The number of aliphatic hydroxyl groups excluding tert-OH is 1. The van der Waals surface area contributed by atoms with E-state index in [0.717, 1.165) is 0 Å². The van der Waals surface area contributed by atoms with Gasteiger partial charge in [0.1, 0.15) is 5.82 Å². The third-order valence-corrected chi connectivity index (χ3v) is 6.11. The monoisotopic (exact) mass is 483 g/mol. The van der Waals surface area contributed by atoms with Crippen LogP contribution >= 0.6 is 0 Å². The second-order valence-electron chi connectivity index (χ2n) is 8.58. The second kappa shape index (κ2) is 8.21. The molecule has 0 fully saturated rings. The number of aromatic nitrogens is 3. The summed E-state index contributed by atoms with van der Waals surface area (Å²) in [7, 11) is 0. The van der Waals surface area contributed by atoms with Gasteiger partial charge in [0.15, 0.2) is 0 Å². The van der Waals surface area contributed by atoms with Crippen molar-refractivity contribution in [2.24, 2.45) is 0 Å². The largest absolute Gasteiger partial charge is 0.425 e. The molecule has 1 unspecified atom stereocenters. The Labute approximate surface area is 197 Å². The zero-order valence-electron chi connectivity index (χ0n) is 18.5. The molecule has 3 aromatic carbocycles. The second-order valence-corrected chi connectivity index (χ2v) is 8.58. The normalized spacial score (nSPS) is 14.9. The fraction of sp³-hybridized carbons (Fsp3) is 0.192. The molecule has 0 amide bonds. The van der Waals surface area contributed by atoms with Crippen LogP contribution in [-0.2, 0) is 12.1 Å². The number of nitrogens with zero attached hydrogens (tertiary/aromatic N) is 3. The van der Waals surface area contributed by atoms with E-state index in [1.165, 1.54) is 77.1 Å². The molecule has 0 spiro atoms. The van der Waals surface area contributed by atoms with Crippen LogP contribution in [0.5, 0.6) is 0 Å². The SMILES string of the molecule is CC(O)Cn1cc([C@](O)(c2ccc3c(cnn3-c3ccc(F)cc3)c2)C(F)(F)F)c2ccccc21. The van der Waals surface area contributed by atoms with Crippen LogP contribution in [0.3, 0.4) is 0 Å². The van der Waals surface area contributed by atoms with E-state index in [4.69, 9.17) is 0 Å². The number of hydrogen-bond acceptors (Lipinski definition) is 3. The van der Waals surface area contributed by atoms with Crippen molar-refractivity contribution in [3.8, 4) is 5.69 Å². The molecule has 35 heavy (non-hydrogen) atoms. The molecule has 5 aromatic rings. The van der Waals surface area contributed by atoms with Crippen molar-refractivity contribution in [1.29, 1.82) is 0 Å². The molecule has 0 saturated carbocycles. The van der Waals surface area contributed by atoms with E-state index in [9.17, 15) is 27.8 Å². The summed E-state index contributed by atoms with van der Waals surface area (Å²) in [6.45, 7) is 1.61. The van der Waals surface area contributed by atoms with Crippen molar-refractivity contribution in [2.75, 3.05) is 0 Å². The molecule has 0 bridgehead atoms. The molecule has 2 N–H and O–H groups in total. The minimum atomic E-state index is -5.05. The van der Waals surface area contributed by atoms with Gasteiger partial charge >= 0.3 is 6.18 Å². The van der Waals surface area contributed by atoms with Gasteiger partial charge < -0.3 is 14.8 Å². The van der Waals surface area contributed by atoms with Gasteiger partial charge in [0.25, 0.3) is 0 Å². The van der Waals surface area contributed by atoms with Crippen LogP contribution in [0, 0.1) is 5.82 Å². The topological polar surface area (TPSA) is 63.2 Å². The lowest BCUT2D eigenvalue weighted by Gasteiger charge is -2.31. The lowest BCUT2D eigenvalue weighted by atomic mass is 9.85. The summed E-state index contributed by atoms with van der Waals surface area (Å²) in [6.07, 6.45) is -3.20. The molecule has 2 aromatic heterocycles. The van der Waals surface area contributed by atoms with Crippen molar-refractivity contribution >= 4 is 21.8 Å². The van der Waals surface area contributed by atoms with Gasteiger partial charge in [-0.25, -0.2) is 9.07 Å². The zero-order chi connectivity index (χ0) is 25.0. The van der Waals surface area contributed by atoms with Gasteiger partial charge in [-0.05, 0) is 55.0 Å². The predicted octanol–water partition coefficient (Wildman–Crippen LogP) is 5.30. The lowest BCUT2D eigenvalue weighted by molar-refractivity contribution is -0.247. The molecular weight excluding hydrogens is 462 g/mol. The summed E-state index contributed by atoms with van der Waals surface area (Å²) in [5.74, 6) is -0.419. The molecule has 5 nitrogen and oxygen atoms in total. The Morgan fingerprint density at radius 2 is 1.69 bits per heavy atom. The Kier molecular flexibility index (Phi) is 5.41. The number of alkyl halides is 3. The summed E-state index contributed by atoms with van der Waals surface area (Å²) in [5, 5.41) is 26.1. The van der Waals surface area contributed by atoms with Gasteiger partial charge in [-0.3, -0.25) is 0 Å². The van der Waals surface area contributed by atoms with Crippen molar-refractivity contribution in [1.82, 2.24) is 14.3 Å². The number of hydrogen-bond donors (Lipinski definition) is 2. The molecule has 2 heterocycles. The molecular formula is C26H21F4N3O2. The average Bonchev–Trinajstić information content (AvgIpc) is 3.40. The van der Waals surface area contributed by atoms with Gasteiger partial charge in [0, 0.05) is 34.6 Å².